The summed E-state index contributed by atoms with van der Waals surface area (Å²) in [5.74, 6) is 2.85. The van der Waals surface area contributed by atoms with Crippen molar-refractivity contribution in [1.29, 1.82) is 0 Å². The molecule has 1 aliphatic rings. The first-order chi connectivity index (χ1) is 12.5. The molecule has 2 atom stereocenters. The Hall–Kier alpha value is -1.76. The van der Waals surface area contributed by atoms with Crippen LogP contribution in [0.3, 0.4) is 0 Å². The Bertz CT molecular complexity index is 711. The van der Waals surface area contributed by atoms with Crippen molar-refractivity contribution >= 4 is 17.7 Å². The van der Waals surface area contributed by atoms with E-state index in [1.54, 1.807) is 6.26 Å². The maximum absolute atomic E-state index is 12.4. The number of rotatable bonds is 7. The Morgan fingerprint density at radius 1 is 1.38 bits per heavy atom. The van der Waals surface area contributed by atoms with Gasteiger partial charge in [-0.25, -0.2) is 0 Å². The van der Waals surface area contributed by atoms with Crippen molar-refractivity contribution in [2.45, 2.75) is 64.2 Å². The highest BCUT2D eigenvalue weighted by Gasteiger charge is 2.23. The zero-order valence-corrected chi connectivity index (χ0v) is 16.6. The summed E-state index contributed by atoms with van der Waals surface area (Å²) in [5, 5.41) is 12.5. The van der Waals surface area contributed by atoms with Gasteiger partial charge >= 0.3 is 0 Å². The minimum atomic E-state index is 0.0763. The number of carbonyl (C=O) groups excluding carboxylic acids is 1. The first-order valence-electron chi connectivity index (χ1n) is 9.44. The van der Waals surface area contributed by atoms with Gasteiger partial charge < -0.3 is 9.73 Å². The Balaban J connectivity index is 1.64. The van der Waals surface area contributed by atoms with Gasteiger partial charge in [0.15, 0.2) is 16.7 Å². The van der Waals surface area contributed by atoms with Crippen LogP contribution in [0.4, 0.5) is 0 Å². The molecule has 142 valence electrons. The lowest BCUT2D eigenvalue weighted by molar-refractivity contribution is -0.119. The van der Waals surface area contributed by atoms with E-state index in [2.05, 4.69) is 36.3 Å². The molecule has 1 N–H and O–H groups in total. The van der Waals surface area contributed by atoms with E-state index >= 15 is 0 Å². The summed E-state index contributed by atoms with van der Waals surface area (Å²) >= 11 is 1.44. The first-order valence-corrected chi connectivity index (χ1v) is 10.4. The highest BCUT2D eigenvalue weighted by Crippen LogP contribution is 2.26. The third kappa shape index (κ3) is 4.69. The lowest BCUT2D eigenvalue weighted by atomic mass is 9.86. The molecule has 1 saturated carbocycles. The van der Waals surface area contributed by atoms with Crippen LogP contribution in [0.25, 0.3) is 11.6 Å². The molecule has 2 aromatic heterocycles. The maximum Gasteiger partial charge on any atom is 0.230 e. The second kappa shape index (κ2) is 8.75. The fourth-order valence-corrected chi connectivity index (χ4v) is 4.18. The molecular weight excluding hydrogens is 348 g/mol. The number of hydrogen-bond acceptors (Lipinski definition) is 5. The van der Waals surface area contributed by atoms with Gasteiger partial charge in [0.2, 0.25) is 5.91 Å². The molecule has 0 spiro atoms. The standard InChI is InChI=1S/C19H28N4O2S/c1-13(2)11-23-18(16-9-6-10-25-16)21-22-19(23)26-12-17(24)20-15-8-5-4-7-14(15)3/h6,9-10,13-15H,4-5,7-8,11-12H2,1-3H3,(H,20,24)/t14-,15+/m1/s1. The van der Waals surface area contributed by atoms with Gasteiger partial charge in [-0.2, -0.15) is 0 Å². The third-order valence-electron chi connectivity index (χ3n) is 4.80. The minimum absolute atomic E-state index is 0.0763. The van der Waals surface area contributed by atoms with Gasteiger partial charge in [-0.05, 0) is 36.8 Å². The van der Waals surface area contributed by atoms with E-state index in [1.807, 2.05) is 16.7 Å². The molecule has 0 aromatic carbocycles. The number of aromatic nitrogens is 3. The molecule has 26 heavy (non-hydrogen) atoms. The van der Waals surface area contributed by atoms with Gasteiger partial charge in [-0.1, -0.05) is 45.4 Å². The highest BCUT2D eigenvalue weighted by atomic mass is 32.2. The smallest absolute Gasteiger partial charge is 0.230 e. The van der Waals surface area contributed by atoms with Crippen LogP contribution in [0.1, 0.15) is 46.5 Å². The zero-order chi connectivity index (χ0) is 18.5. The Kier molecular flexibility index (Phi) is 6.40. The fraction of sp³-hybridized carbons (Fsp3) is 0.632. The lowest BCUT2D eigenvalue weighted by Gasteiger charge is -2.29. The molecule has 6 nitrogen and oxygen atoms in total. The Labute approximate surface area is 159 Å². The predicted octanol–water partition coefficient (Wildman–Crippen LogP) is 3.98. The molecule has 2 aromatic rings. The molecule has 2 heterocycles. The second-order valence-electron chi connectivity index (χ2n) is 7.51. The molecule has 7 heteroatoms. The molecule has 1 amide bonds. The molecule has 1 aliphatic carbocycles. The predicted molar refractivity (Wildman–Crippen MR) is 103 cm³/mol. The van der Waals surface area contributed by atoms with Crippen LogP contribution in [0.15, 0.2) is 28.0 Å². The molecular formula is C19H28N4O2S. The average Bonchev–Trinajstić information content (AvgIpc) is 3.24. The van der Waals surface area contributed by atoms with E-state index in [4.69, 9.17) is 4.42 Å². The largest absolute Gasteiger partial charge is 0.461 e. The van der Waals surface area contributed by atoms with Crippen molar-refractivity contribution in [2.24, 2.45) is 11.8 Å². The number of nitrogens with zero attached hydrogens (tertiary/aromatic N) is 3. The van der Waals surface area contributed by atoms with E-state index in [9.17, 15) is 4.79 Å². The van der Waals surface area contributed by atoms with Crippen LogP contribution in [0, 0.1) is 11.8 Å². The van der Waals surface area contributed by atoms with Crippen molar-refractivity contribution in [1.82, 2.24) is 20.1 Å². The van der Waals surface area contributed by atoms with Crippen molar-refractivity contribution in [3.63, 3.8) is 0 Å². The van der Waals surface area contributed by atoms with Crippen molar-refractivity contribution in [3.05, 3.63) is 18.4 Å². The molecule has 0 radical (unpaired) electrons. The Morgan fingerprint density at radius 2 is 2.19 bits per heavy atom. The van der Waals surface area contributed by atoms with E-state index < -0.39 is 0 Å². The summed E-state index contributed by atoms with van der Waals surface area (Å²) < 4.78 is 7.53. The number of hydrogen-bond donors (Lipinski definition) is 1. The van der Waals surface area contributed by atoms with Crippen LogP contribution in [0.2, 0.25) is 0 Å². The molecule has 0 unspecified atom stereocenters. The van der Waals surface area contributed by atoms with Crippen LogP contribution in [-0.4, -0.2) is 32.5 Å². The van der Waals surface area contributed by atoms with Gasteiger partial charge in [0.05, 0.1) is 12.0 Å². The van der Waals surface area contributed by atoms with Crippen molar-refractivity contribution in [2.75, 3.05) is 5.75 Å². The van der Waals surface area contributed by atoms with Crippen molar-refractivity contribution < 1.29 is 9.21 Å². The van der Waals surface area contributed by atoms with Crippen molar-refractivity contribution in [3.8, 4) is 11.6 Å². The van der Waals surface area contributed by atoms with Crippen LogP contribution < -0.4 is 5.32 Å². The quantitative estimate of drug-likeness (QED) is 0.740. The highest BCUT2D eigenvalue weighted by molar-refractivity contribution is 7.99. The number of nitrogens with one attached hydrogen (secondary N) is 1. The van der Waals surface area contributed by atoms with E-state index in [1.165, 1.54) is 31.0 Å². The Morgan fingerprint density at radius 3 is 2.88 bits per heavy atom. The maximum atomic E-state index is 12.4. The van der Waals surface area contributed by atoms with Gasteiger partial charge in [0.25, 0.3) is 0 Å². The monoisotopic (exact) mass is 376 g/mol. The molecule has 0 aliphatic heterocycles. The lowest BCUT2D eigenvalue weighted by Crippen LogP contribution is -2.41. The summed E-state index contributed by atoms with van der Waals surface area (Å²) in [6.07, 6.45) is 6.40. The fourth-order valence-electron chi connectivity index (χ4n) is 3.42. The van der Waals surface area contributed by atoms with Gasteiger partial charge in [0, 0.05) is 12.6 Å². The summed E-state index contributed by atoms with van der Waals surface area (Å²) in [6, 6.07) is 4.03. The molecule has 0 saturated heterocycles. The summed E-state index contributed by atoms with van der Waals surface area (Å²) in [5.41, 5.74) is 0. The van der Waals surface area contributed by atoms with E-state index in [0.29, 0.717) is 35.2 Å². The third-order valence-corrected chi connectivity index (χ3v) is 5.76. The molecule has 0 bridgehead atoms. The minimum Gasteiger partial charge on any atom is -0.461 e. The average molecular weight is 377 g/mol. The van der Waals surface area contributed by atoms with Crippen LogP contribution in [-0.2, 0) is 11.3 Å². The SMILES string of the molecule is CC(C)Cn1c(SCC(=O)N[C@H]2CCCC[C@H]2C)nnc1-c1ccco1. The normalized spacial score (nSPS) is 20.5. The topological polar surface area (TPSA) is 73.0 Å². The first kappa shape index (κ1) is 19.0. The van der Waals surface area contributed by atoms with Gasteiger partial charge in [0.1, 0.15) is 0 Å². The van der Waals surface area contributed by atoms with Crippen LogP contribution >= 0.6 is 11.8 Å². The molecule has 1 fully saturated rings. The molecule has 3 rings (SSSR count). The van der Waals surface area contributed by atoms with E-state index in [0.717, 1.165) is 18.1 Å². The van der Waals surface area contributed by atoms with Gasteiger partial charge in [-0.3, -0.25) is 9.36 Å². The summed E-state index contributed by atoms with van der Waals surface area (Å²) in [7, 11) is 0. The summed E-state index contributed by atoms with van der Waals surface area (Å²) in [6.45, 7) is 7.31. The number of furan rings is 1. The number of carbonyl (C=O) groups is 1. The van der Waals surface area contributed by atoms with Crippen LogP contribution in [0.5, 0.6) is 0 Å². The zero-order valence-electron chi connectivity index (χ0n) is 15.8. The number of amides is 1. The van der Waals surface area contributed by atoms with E-state index in [-0.39, 0.29) is 5.91 Å². The van der Waals surface area contributed by atoms with Gasteiger partial charge in [-0.15, -0.1) is 10.2 Å². The number of thioether (sulfide) groups is 1. The second-order valence-corrected chi connectivity index (χ2v) is 8.45. The summed E-state index contributed by atoms with van der Waals surface area (Å²) in [4.78, 5) is 12.4.